The van der Waals surface area contributed by atoms with Gasteiger partial charge in [0.25, 0.3) is 0 Å². The first-order valence-corrected chi connectivity index (χ1v) is 14.0. The molecule has 6 heteroatoms. The largest absolute Gasteiger partial charge is 0.377 e. The summed E-state index contributed by atoms with van der Waals surface area (Å²) in [6.07, 6.45) is 8.21. The van der Waals surface area contributed by atoms with Gasteiger partial charge in [0.1, 0.15) is 0 Å². The van der Waals surface area contributed by atoms with Crippen LogP contribution in [0.2, 0.25) is 0 Å². The maximum atomic E-state index is 6.02. The molecule has 0 unspecified atom stereocenters. The molecule has 0 aliphatic rings. The summed E-state index contributed by atoms with van der Waals surface area (Å²) in [7, 11) is 0. The molecule has 36 heavy (non-hydrogen) atoms. The number of pyridine rings is 2. The van der Waals surface area contributed by atoms with Gasteiger partial charge < -0.3 is 9.30 Å². The maximum absolute atomic E-state index is 6.02. The Morgan fingerprint density at radius 3 is 2.22 bits per heavy atom. The minimum Gasteiger partial charge on any atom is -0.377 e. The van der Waals surface area contributed by atoms with Gasteiger partial charge in [-0.15, -0.1) is 0 Å². The van der Waals surface area contributed by atoms with Crippen molar-refractivity contribution in [3.63, 3.8) is 0 Å². The number of aromatic nitrogens is 3. The summed E-state index contributed by atoms with van der Waals surface area (Å²) in [4.78, 5) is 9.05. The number of rotatable bonds is 10. The normalized spacial score (nSPS) is 11.5. The molecule has 0 fully saturated rings. The van der Waals surface area contributed by atoms with E-state index in [9.17, 15) is 0 Å². The van der Waals surface area contributed by atoms with E-state index in [1.54, 1.807) is 0 Å². The summed E-state index contributed by atoms with van der Waals surface area (Å²) in [5.74, 6) is 0. The number of halogens is 2. The number of benzene rings is 2. The summed E-state index contributed by atoms with van der Waals surface area (Å²) in [5.41, 5.74) is 6.67. The molecule has 0 amide bonds. The van der Waals surface area contributed by atoms with Crippen molar-refractivity contribution in [2.24, 2.45) is 0 Å². The monoisotopic (exact) mass is 605 g/mol. The Bertz CT molecular complexity index is 1440. The van der Waals surface area contributed by atoms with E-state index < -0.39 is 0 Å². The first kappa shape index (κ1) is 25.1. The fourth-order valence-electron chi connectivity index (χ4n) is 4.75. The molecule has 0 N–H and O–H groups in total. The minimum absolute atomic E-state index is 0.561. The predicted molar refractivity (Wildman–Crippen MR) is 155 cm³/mol. The van der Waals surface area contributed by atoms with Crippen molar-refractivity contribution < 1.29 is 4.74 Å². The lowest BCUT2D eigenvalue weighted by Crippen LogP contribution is -2.01. The number of hydrogen-bond donors (Lipinski definition) is 0. The van der Waals surface area contributed by atoms with Gasteiger partial charge in [-0.2, -0.15) is 0 Å². The molecule has 0 radical (unpaired) electrons. The van der Waals surface area contributed by atoms with Crippen LogP contribution in [0.1, 0.15) is 36.8 Å². The van der Waals surface area contributed by atoms with Crippen LogP contribution in [0, 0.1) is 6.92 Å². The topological polar surface area (TPSA) is 39.9 Å². The van der Waals surface area contributed by atoms with Crippen LogP contribution in [-0.2, 0) is 17.9 Å². The number of ether oxygens (including phenoxy) is 1. The minimum atomic E-state index is 0.561. The number of nitrogens with zero attached hydrogens (tertiary/aromatic N) is 3. The third-order valence-corrected chi connectivity index (χ3v) is 7.50. The van der Waals surface area contributed by atoms with Gasteiger partial charge in [0, 0.05) is 61.9 Å². The Kier molecular flexibility index (Phi) is 8.15. The molecular weight excluding hydrogens is 578 g/mol. The zero-order chi connectivity index (χ0) is 24.9. The molecule has 0 aliphatic carbocycles. The highest BCUT2D eigenvalue weighted by atomic mass is 79.9. The number of fused-ring (bicyclic) bond motifs is 3. The second kappa shape index (κ2) is 11.7. The molecule has 0 atom stereocenters. The molecular formula is C30H29Br2N3O. The van der Waals surface area contributed by atoms with Crippen LogP contribution in [0.15, 0.2) is 82.0 Å². The molecule has 0 aliphatic heterocycles. The number of hydrogen-bond acceptors (Lipinski definition) is 3. The van der Waals surface area contributed by atoms with E-state index in [1.807, 2.05) is 24.5 Å². The Labute approximate surface area is 229 Å². The zero-order valence-corrected chi connectivity index (χ0v) is 23.6. The van der Waals surface area contributed by atoms with E-state index in [2.05, 4.69) is 102 Å². The average Bonchev–Trinajstić information content (AvgIpc) is 3.17. The Hall–Kier alpha value is -2.54. The Balaban J connectivity index is 1.12. The molecule has 3 aromatic heterocycles. The third kappa shape index (κ3) is 5.72. The average molecular weight is 607 g/mol. The standard InChI is InChI=1S/C30H29Br2N3O/c1-21-12-14-33-27(17-21)30-22(7-6-13-34-30)20-36-16-5-3-2-4-15-35-28-10-8-23(31)18-25(28)26-19-24(32)9-11-29(26)35/h6-14,17-19H,2-5,15-16,20H2,1H3. The maximum Gasteiger partial charge on any atom is 0.0941 e. The number of unbranched alkanes of at least 4 members (excludes halogenated alkanes) is 3. The van der Waals surface area contributed by atoms with E-state index in [0.717, 1.165) is 58.3 Å². The van der Waals surface area contributed by atoms with Gasteiger partial charge in [0.05, 0.1) is 18.0 Å². The van der Waals surface area contributed by atoms with Gasteiger partial charge in [0.15, 0.2) is 0 Å². The van der Waals surface area contributed by atoms with Crippen molar-refractivity contribution in [2.75, 3.05) is 6.61 Å². The molecule has 2 aromatic carbocycles. The van der Waals surface area contributed by atoms with Gasteiger partial charge in [-0.25, -0.2) is 0 Å². The highest BCUT2D eigenvalue weighted by Gasteiger charge is 2.11. The summed E-state index contributed by atoms with van der Waals surface area (Å²) in [6, 6.07) is 21.3. The van der Waals surface area contributed by atoms with Crippen LogP contribution in [-0.4, -0.2) is 21.1 Å². The molecule has 0 saturated heterocycles. The van der Waals surface area contributed by atoms with Crippen molar-refractivity contribution >= 4 is 53.7 Å². The summed E-state index contributed by atoms with van der Waals surface area (Å²) >= 11 is 7.27. The highest BCUT2D eigenvalue weighted by Crippen LogP contribution is 2.33. The second-order valence-corrected chi connectivity index (χ2v) is 11.0. The van der Waals surface area contributed by atoms with Gasteiger partial charge in [-0.05, 0) is 79.9 Å². The van der Waals surface area contributed by atoms with Crippen LogP contribution >= 0.6 is 31.9 Å². The molecule has 5 aromatic rings. The highest BCUT2D eigenvalue weighted by molar-refractivity contribution is 9.10. The van der Waals surface area contributed by atoms with Crippen LogP contribution in [0.4, 0.5) is 0 Å². The first-order chi connectivity index (χ1) is 17.6. The predicted octanol–water partition coefficient (Wildman–Crippen LogP) is 8.86. The third-order valence-electron chi connectivity index (χ3n) is 6.52. The smallest absolute Gasteiger partial charge is 0.0941 e. The summed E-state index contributed by atoms with van der Waals surface area (Å²) in [5, 5.41) is 2.59. The van der Waals surface area contributed by atoms with Crippen molar-refractivity contribution in [1.29, 1.82) is 0 Å². The molecule has 4 nitrogen and oxygen atoms in total. The molecule has 3 heterocycles. The van der Waals surface area contributed by atoms with Gasteiger partial charge in [0.2, 0.25) is 0 Å². The molecule has 5 rings (SSSR count). The van der Waals surface area contributed by atoms with Crippen LogP contribution in [0.5, 0.6) is 0 Å². The SMILES string of the molecule is Cc1ccnc(-c2ncccc2COCCCCCCn2c3ccc(Br)cc3c3cc(Br)ccc32)c1. The van der Waals surface area contributed by atoms with Crippen molar-refractivity contribution in [2.45, 2.75) is 45.8 Å². The number of aryl methyl sites for hydroxylation is 2. The molecule has 184 valence electrons. The van der Waals surface area contributed by atoms with Crippen molar-refractivity contribution in [1.82, 2.24) is 14.5 Å². The van der Waals surface area contributed by atoms with E-state index in [0.29, 0.717) is 6.61 Å². The lowest BCUT2D eigenvalue weighted by molar-refractivity contribution is 0.117. The first-order valence-electron chi connectivity index (χ1n) is 12.4. The molecule has 0 bridgehead atoms. The molecule has 0 spiro atoms. The zero-order valence-electron chi connectivity index (χ0n) is 20.4. The fourth-order valence-corrected chi connectivity index (χ4v) is 5.47. The quantitative estimate of drug-likeness (QED) is 0.149. The molecule has 0 saturated carbocycles. The van der Waals surface area contributed by atoms with E-state index in [-0.39, 0.29) is 0 Å². The van der Waals surface area contributed by atoms with Crippen molar-refractivity contribution in [3.05, 3.63) is 93.1 Å². The van der Waals surface area contributed by atoms with Gasteiger partial charge in [-0.1, -0.05) is 50.8 Å². The summed E-state index contributed by atoms with van der Waals surface area (Å²) in [6.45, 7) is 4.41. The lowest BCUT2D eigenvalue weighted by Gasteiger charge is -2.10. The Morgan fingerprint density at radius 1 is 0.778 bits per heavy atom. The van der Waals surface area contributed by atoms with Crippen LogP contribution in [0.3, 0.4) is 0 Å². The lowest BCUT2D eigenvalue weighted by atomic mass is 10.1. The van der Waals surface area contributed by atoms with Crippen molar-refractivity contribution in [3.8, 4) is 11.4 Å². The van der Waals surface area contributed by atoms with Gasteiger partial charge in [-0.3, -0.25) is 9.97 Å². The fraction of sp³-hybridized carbons (Fsp3) is 0.267. The van der Waals surface area contributed by atoms with Gasteiger partial charge >= 0.3 is 0 Å². The van der Waals surface area contributed by atoms with E-state index in [1.165, 1.54) is 33.8 Å². The Morgan fingerprint density at radius 2 is 1.50 bits per heavy atom. The van der Waals surface area contributed by atoms with E-state index >= 15 is 0 Å². The summed E-state index contributed by atoms with van der Waals surface area (Å²) < 4.78 is 10.7. The second-order valence-electron chi connectivity index (χ2n) is 9.17. The van der Waals surface area contributed by atoms with E-state index in [4.69, 9.17) is 4.74 Å². The van der Waals surface area contributed by atoms with Crippen LogP contribution in [0.25, 0.3) is 33.2 Å². The van der Waals surface area contributed by atoms with Crippen LogP contribution < -0.4 is 0 Å².